The first-order valence-corrected chi connectivity index (χ1v) is 7.74. The van der Waals surface area contributed by atoms with E-state index < -0.39 is 29.8 Å². The second-order valence-electron chi connectivity index (χ2n) is 5.60. The molecule has 0 saturated carbocycles. The highest BCUT2D eigenvalue weighted by Crippen LogP contribution is 2.39. The Balaban J connectivity index is 2.60. The maximum atomic E-state index is 13.4. The lowest BCUT2D eigenvalue weighted by molar-refractivity contribution is -0.140. The van der Waals surface area contributed by atoms with Crippen LogP contribution in [0.25, 0.3) is 0 Å². The lowest BCUT2D eigenvalue weighted by Gasteiger charge is -2.35. The van der Waals surface area contributed by atoms with Gasteiger partial charge in [0.1, 0.15) is 0 Å². The zero-order chi connectivity index (χ0) is 19.5. The number of hydrogen-bond donors (Lipinski definition) is 1. The van der Waals surface area contributed by atoms with Gasteiger partial charge in [-0.25, -0.2) is 9.59 Å². The van der Waals surface area contributed by atoms with Crippen LogP contribution in [-0.4, -0.2) is 44.3 Å². The summed E-state index contributed by atoms with van der Waals surface area (Å²) in [5.74, 6) is -0.813. The highest BCUT2D eigenvalue weighted by atomic mass is 19.4. The minimum Gasteiger partial charge on any atom is -0.466 e. The number of amides is 2. The van der Waals surface area contributed by atoms with E-state index >= 15 is 0 Å². The summed E-state index contributed by atoms with van der Waals surface area (Å²) >= 11 is 0. The number of rotatable bonds is 5. The number of methoxy groups -OCH3 is 2. The molecular weight excluding hydrogens is 353 g/mol. The zero-order valence-corrected chi connectivity index (χ0v) is 14.5. The molecule has 0 aromatic heterocycles. The third kappa shape index (κ3) is 3.82. The van der Waals surface area contributed by atoms with Crippen LogP contribution in [0.4, 0.5) is 18.0 Å². The molecule has 1 atom stereocenters. The second kappa shape index (κ2) is 7.77. The maximum absolute atomic E-state index is 13.4. The van der Waals surface area contributed by atoms with E-state index in [4.69, 9.17) is 9.47 Å². The van der Waals surface area contributed by atoms with E-state index in [9.17, 15) is 22.8 Å². The van der Waals surface area contributed by atoms with Gasteiger partial charge in [0.25, 0.3) is 0 Å². The van der Waals surface area contributed by atoms with Gasteiger partial charge < -0.3 is 14.8 Å². The Morgan fingerprint density at radius 2 is 1.92 bits per heavy atom. The summed E-state index contributed by atoms with van der Waals surface area (Å²) in [5.41, 5.74) is -0.983. The fourth-order valence-corrected chi connectivity index (χ4v) is 2.85. The Labute approximate surface area is 148 Å². The molecule has 1 aliphatic heterocycles. The number of halogens is 3. The van der Waals surface area contributed by atoms with Crippen molar-refractivity contribution >= 4 is 12.0 Å². The molecule has 2 rings (SSSR count). The maximum Gasteiger partial charge on any atom is 0.416 e. The van der Waals surface area contributed by atoms with Crippen LogP contribution in [0.2, 0.25) is 0 Å². The summed E-state index contributed by atoms with van der Waals surface area (Å²) in [7, 11) is 2.58. The van der Waals surface area contributed by atoms with E-state index in [1.54, 1.807) is 0 Å². The van der Waals surface area contributed by atoms with Crippen molar-refractivity contribution in [1.82, 2.24) is 10.2 Å². The average molecular weight is 372 g/mol. The molecule has 1 aromatic carbocycles. The molecule has 1 heterocycles. The highest BCUT2D eigenvalue weighted by Gasteiger charge is 2.41. The predicted octanol–water partition coefficient (Wildman–Crippen LogP) is 2.87. The molecule has 0 bridgehead atoms. The number of esters is 1. The summed E-state index contributed by atoms with van der Waals surface area (Å²) in [6.07, 6.45) is -4.64. The molecular formula is C17H19F3N2O4. The SMILES string of the molecule is COCCN1C(=O)NC(c2ccccc2C(F)(F)F)C(C(=O)OC)=C1C. The molecule has 0 saturated heterocycles. The number of urea groups is 1. The third-order valence-electron chi connectivity index (χ3n) is 4.10. The van der Waals surface area contributed by atoms with E-state index in [0.717, 1.165) is 13.2 Å². The van der Waals surface area contributed by atoms with Crippen LogP contribution in [0.1, 0.15) is 24.1 Å². The van der Waals surface area contributed by atoms with Gasteiger partial charge in [-0.3, -0.25) is 4.90 Å². The van der Waals surface area contributed by atoms with Crippen molar-refractivity contribution in [2.24, 2.45) is 0 Å². The molecule has 1 unspecified atom stereocenters. The van der Waals surface area contributed by atoms with Crippen LogP contribution in [0.5, 0.6) is 0 Å². The van der Waals surface area contributed by atoms with Gasteiger partial charge >= 0.3 is 18.2 Å². The number of allylic oxidation sites excluding steroid dienone is 1. The Morgan fingerprint density at radius 3 is 2.50 bits per heavy atom. The summed E-state index contributed by atoms with van der Waals surface area (Å²) in [4.78, 5) is 25.9. The van der Waals surface area contributed by atoms with Gasteiger partial charge in [0, 0.05) is 12.8 Å². The van der Waals surface area contributed by atoms with Crippen LogP contribution in [0, 0.1) is 0 Å². The molecule has 1 aromatic rings. The van der Waals surface area contributed by atoms with E-state index in [1.807, 2.05) is 0 Å². The molecule has 0 radical (unpaired) electrons. The lowest BCUT2D eigenvalue weighted by atomic mass is 9.91. The first-order chi connectivity index (χ1) is 12.2. The van der Waals surface area contributed by atoms with Crippen LogP contribution in [-0.2, 0) is 20.4 Å². The van der Waals surface area contributed by atoms with Gasteiger partial charge in [0.15, 0.2) is 0 Å². The van der Waals surface area contributed by atoms with Gasteiger partial charge in [0.05, 0.1) is 37.4 Å². The Morgan fingerprint density at radius 1 is 1.27 bits per heavy atom. The first-order valence-electron chi connectivity index (χ1n) is 7.74. The van der Waals surface area contributed by atoms with E-state index in [2.05, 4.69) is 5.32 Å². The highest BCUT2D eigenvalue weighted by molar-refractivity contribution is 5.95. The van der Waals surface area contributed by atoms with E-state index in [-0.39, 0.29) is 30.0 Å². The molecule has 0 aliphatic carbocycles. The Kier molecular flexibility index (Phi) is 5.91. The largest absolute Gasteiger partial charge is 0.466 e. The van der Waals surface area contributed by atoms with Crippen molar-refractivity contribution in [2.45, 2.75) is 19.1 Å². The number of nitrogens with one attached hydrogen (secondary N) is 1. The summed E-state index contributed by atoms with van der Waals surface area (Å²) in [6, 6.07) is 2.91. The summed E-state index contributed by atoms with van der Waals surface area (Å²) in [5, 5.41) is 2.47. The summed E-state index contributed by atoms with van der Waals surface area (Å²) < 4.78 is 49.8. The van der Waals surface area contributed by atoms with Crippen LogP contribution in [0.3, 0.4) is 0 Å². The molecule has 142 valence electrons. The van der Waals surface area contributed by atoms with Gasteiger partial charge in [-0.2, -0.15) is 13.2 Å². The number of nitrogens with zero attached hydrogens (tertiary/aromatic N) is 1. The zero-order valence-electron chi connectivity index (χ0n) is 14.5. The van der Waals surface area contributed by atoms with Crippen molar-refractivity contribution < 1.29 is 32.2 Å². The van der Waals surface area contributed by atoms with E-state index in [0.29, 0.717) is 0 Å². The van der Waals surface area contributed by atoms with Gasteiger partial charge in [0.2, 0.25) is 0 Å². The average Bonchev–Trinajstić information content (AvgIpc) is 2.59. The number of hydrogen-bond acceptors (Lipinski definition) is 4. The number of carbonyl (C=O) groups excluding carboxylic acids is 2. The lowest BCUT2D eigenvalue weighted by Crippen LogP contribution is -2.49. The number of benzene rings is 1. The molecule has 26 heavy (non-hydrogen) atoms. The molecule has 6 nitrogen and oxygen atoms in total. The van der Waals surface area contributed by atoms with Gasteiger partial charge in [-0.1, -0.05) is 18.2 Å². The normalized spacial score (nSPS) is 18.0. The molecule has 1 N–H and O–H groups in total. The minimum absolute atomic E-state index is 0.0556. The van der Waals surface area contributed by atoms with Crippen molar-refractivity contribution in [2.75, 3.05) is 27.4 Å². The molecule has 2 amide bonds. The van der Waals surface area contributed by atoms with Gasteiger partial charge in [-0.15, -0.1) is 0 Å². The number of ether oxygens (including phenoxy) is 2. The standard InChI is InChI=1S/C17H19F3N2O4/c1-10-13(15(23)26-3)14(21-16(24)22(10)8-9-25-2)11-6-4-5-7-12(11)17(18,19)20/h4-7,14H,8-9H2,1-3H3,(H,21,24). The van der Waals surface area contributed by atoms with Crippen molar-refractivity contribution in [1.29, 1.82) is 0 Å². The number of carbonyl (C=O) groups is 2. The van der Waals surface area contributed by atoms with Crippen molar-refractivity contribution in [3.05, 3.63) is 46.7 Å². The second-order valence-corrected chi connectivity index (χ2v) is 5.60. The Hall–Kier alpha value is -2.55. The van der Waals surface area contributed by atoms with Crippen molar-refractivity contribution in [3.8, 4) is 0 Å². The van der Waals surface area contributed by atoms with Crippen molar-refractivity contribution in [3.63, 3.8) is 0 Å². The fraction of sp³-hybridized carbons (Fsp3) is 0.412. The molecule has 0 fully saturated rings. The fourth-order valence-electron chi connectivity index (χ4n) is 2.85. The van der Waals surface area contributed by atoms with Crippen LogP contribution < -0.4 is 5.32 Å². The third-order valence-corrected chi connectivity index (χ3v) is 4.10. The topological polar surface area (TPSA) is 67.9 Å². The predicted molar refractivity (Wildman–Crippen MR) is 86.0 cm³/mol. The van der Waals surface area contributed by atoms with Crippen LogP contribution >= 0.6 is 0 Å². The van der Waals surface area contributed by atoms with E-state index in [1.165, 1.54) is 37.1 Å². The first kappa shape index (κ1) is 19.8. The quantitative estimate of drug-likeness (QED) is 0.807. The molecule has 1 aliphatic rings. The molecule has 9 heteroatoms. The molecule has 0 spiro atoms. The summed E-state index contributed by atoms with van der Waals surface area (Å²) in [6.45, 7) is 1.83. The number of alkyl halides is 3. The van der Waals surface area contributed by atoms with Crippen LogP contribution in [0.15, 0.2) is 35.5 Å². The Bertz CT molecular complexity index is 731. The monoisotopic (exact) mass is 372 g/mol. The smallest absolute Gasteiger partial charge is 0.416 e. The van der Waals surface area contributed by atoms with Gasteiger partial charge in [-0.05, 0) is 18.6 Å². The minimum atomic E-state index is -4.64.